The first kappa shape index (κ1) is 12.2. The van der Waals surface area contributed by atoms with E-state index in [1.165, 1.54) is 6.92 Å². The molecule has 0 bridgehead atoms. The third-order valence-corrected chi connectivity index (χ3v) is 1.50. The van der Waals surface area contributed by atoms with E-state index in [0.717, 1.165) is 0 Å². The maximum absolute atomic E-state index is 11.8. The molecule has 1 atom stereocenters. The molecule has 0 spiro atoms. The fraction of sp³-hybridized carbons (Fsp3) is 0.875. The molecule has 0 aliphatic carbocycles. The molecule has 0 amide bonds. The fourth-order valence-corrected chi connectivity index (χ4v) is 0.935. The largest absolute Gasteiger partial charge is 0.390 e. The second kappa shape index (κ2) is 5.81. The third-order valence-electron chi connectivity index (χ3n) is 1.50. The molecule has 0 saturated carbocycles. The van der Waals surface area contributed by atoms with E-state index in [0.29, 0.717) is 19.4 Å². The summed E-state index contributed by atoms with van der Waals surface area (Å²) >= 11 is 0. The van der Waals surface area contributed by atoms with Crippen LogP contribution in [-0.4, -0.2) is 18.8 Å². The van der Waals surface area contributed by atoms with Crippen molar-refractivity contribution in [2.24, 2.45) is 0 Å². The highest BCUT2D eigenvalue weighted by Crippen LogP contribution is 2.21. The quantitative estimate of drug-likeness (QED) is 0.681. The van der Waals surface area contributed by atoms with E-state index in [-0.39, 0.29) is 0 Å². The van der Waals surface area contributed by atoms with Crippen LogP contribution in [-0.2, 0) is 0 Å². The number of rotatable bonds is 5. The van der Waals surface area contributed by atoms with Crippen LogP contribution >= 0.6 is 0 Å². The van der Waals surface area contributed by atoms with Gasteiger partial charge in [-0.05, 0) is 19.9 Å². The molecular weight excluding hydrogens is 181 g/mol. The van der Waals surface area contributed by atoms with Gasteiger partial charge in [0.15, 0.2) is 0 Å². The molecule has 0 aliphatic rings. The Hall–Kier alpha value is -0.760. The minimum atomic E-state index is -4.11. The molecule has 76 valence electrons. The number of nitrogens with zero attached hydrogens (tertiary/aromatic N) is 1. The summed E-state index contributed by atoms with van der Waals surface area (Å²) in [6.45, 7) is 1.95. The van der Waals surface area contributed by atoms with Gasteiger partial charge in [0.25, 0.3) is 0 Å². The van der Waals surface area contributed by atoms with Crippen LogP contribution < -0.4 is 5.32 Å². The highest BCUT2D eigenvalue weighted by molar-refractivity contribution is 4.71. The summed E-state index contributed by atoms with van der Waals surface area (Å²) < 4.78 is 35.4. The lowest BCUT2D eigenvalue weighted by molar-refractivity contribution is -0.139. The first-order valence-electron chi connectivity index (χ1n) is 4.13. The first-order valence-corrected chi connectivity index (χ1v) is 4.13. The molecule has 13 heavy (non-hydrogen) atoms. The van der Waals surface area contributed by atoms with Gasteiger partial charge in [0.1, 0.15) is 0 Å². The van der Waals surface area contributed by atoms with Crippen LogP contribution in [0.5, 0.6) is 0 Å². The van der Waals surface area contributed by atoms with Crippen LogP contribution in [0.1, 0.15) is 26.2 Å². The topological polar surface area (TPSA) is 35.8 Å². The second-order valence-corrected chi connectivity index (χ2v) is 2.94. The van der Waals surface area contributed by atoms with Gasteiger partial charge in [-0.25, -0.2) is 0 Å². The number of unbranched alkanes of at least 4 members (excludes halogenated alkanes) is 1. The SMILES string of the molecule is CC(CC(F)(F)F)NCCCC#N. The molecule has 0 aromatic heterocycles. The summed E-state index contributed by atoms with van der Waals surface area (Å²) in [4.78, 5) is 0. The minimum Gasteiger partial charge on any atom is -0.314 e. The van der Waals surface area contributed by atoms with E-state index in [4.69, 9.17) is 5.26 Å². The van der Waals surface area contributed by atoms with Crippen molar-refractivity contribution >= 4 is 0 Å². The molecule has 0 radical (unpaired) electrons. The normalized spacial score (nSPS) is 13.8. The zero-order valence-electron chi connectivity index (χ0n) is 7.49. The van der Waals surface area contributed by atoms with Gasteiger partial charge in [0.2, 0.25) is 0 Å². The number of alkyl halides is 3. The third kappa shape index (κ3) is 9.15. The van der Waals surface area contributed by atoms with Gasteiger partial charge in [-0.15, -0.1) is 0 Å². The summed E-state index contributed by atoms with van der Waals surface area (Å²) in [7, 11) is 0. The van der Waals surface area contributed by atoms with Gasteiger partial charge in [-0.2, -0.15) is 18.4 Å². The predicted molar refractivity (Wildman–Crippen MR) is 43.0 cm³/mol. The Bertz CT molecular complexity index is 171. The summed E-state index contributed by atoms with van der Waals surface area (Å²) in [5.74, 6) is 0. The van der Waals surface area contributed by atoms with Crippen LogP contribution in [0.25, 0.3) is 0 Å². The summed E-state index contributed by atoms with van der Waals surface area (Å²) in [5, 5.41) is 10.9. The molecule has 0 aliphatic heterocycles. The van der Waals surface area contributed by atoms with E-state index >= 15 is 0 Å². The Morgan fingerprint density at radius 1 is 1.46 bits per heavy atom. The number of hydrogen-bond donors (Lipinski definition) is 1. The van der Waals surface area contributed by atoms with Gasteiger partial charge >= 0.3 is 6.18 Å². The van der Waals surface area contributed by atoms with Crippen molar-refractivity contribution in [2.45, 2.75) is 38.4 Å². The molecule has 5 heteroatoms. The van der Waals surface area contributed by atoms with Crippen molar-refractivity contribution in [1.82, 2.24) is 5.32 Å². The number of hydrogen-bond acceptors (Lipinski definition) is 2. The Balaban J connectivity index is 3.42. The van der Waals surface area contributed by atoms with E-state index in [9.17, 15) is 13.2 Å². The molecule has 0 heterocycles. The van der Waals surface area contributed by atoms with Gasteiger partial charge in [-0.1, -0.05) is 0 Å². The van der Waals surface area contributed by atoms with Crippen molar-refractivity contribution in [2.75, 3.05) is 6.54 Å². The van der Waals surface area contributed by atoms with Crippen molar-refractivity contribution in [3.8, 4) is 6.07 Å². The molecular formula is C8H13F3N2. The van der Waals surface area contributed by atoms with Crippen molar-refractivity contribution < 1.29 is 13.2 Å². The second-order valence-electron chi connectivity index (χ2n) is 2.94. The fourth-order valence-electron chi connectivity index (χ4n) is 0.935. The molecule has 0 aromatic rings. The highest BCUT2D eigenvalue weighted by Gasteiger charge is 2.29. The lowest BCUT2D eigenvalue weighted by Crippen LogP contribution is -2.31. The van der Waals surface area contributed by atoms with Gasteiger partial charge in [0.05, 0.1) is 12.5 Å². The monoisotopic (exact) mass is 194 g/mol. The number of nitrogens with one attached hydrogen (secondary N) is 1. The summed E-state index contributed by atoms with van der Waals surface area (Å²) in [5.41, 5.74) is 0. The zero-order valence-corrected chi connectivity index (χ0v) is 7.49. The van der Waals surface area contributed by atoms with Crippen molar-refractivity contribution in [1.29, 1.82) is 5.26 Å². The van der Waals surface area contributed by atoms with E-state index in [1.807, 2.05) is 6.07 Å². The molecule has 0 fully saturated rings. The van der Waals surface area contributed by atoms with Gasteiger partial charge in [-0.3, -0.25) is 0 Å². The maximum atomic E-state index is 11.8. The first-order chi connectivity index (χ1) is 5.95. The Morgan fingerprint density at radius 2 is 2.08 bits per heavy atom. The number of halogens is 3. The van der Waals surface area contributed by atoms with Crippen LogP contribution in [0.4, 0.5) is 13.2 Å². The van der Waals surface area contributed by atoms with E-state index < -0.39 is 18.6 Å². The molecule has 1 N–H and O–H groups in total. The zero-order chi connectivity index (χ0) is 10.3. The van der Waals surface area contributed by atoms with Crippen LogP contribution in [0.15, 0.2) is 0 Å². The average Bonchev–Trinajstić information content (AvgIpc) is 1.94. The van der Waals surface area contributed by atoms with Crippen LogP contribution in [0.3, 0.4) is 0 Å². The van der Waals surface area contributed by atoms with Crippen molar-refractivity contribution in [3.05, 3.63) is 0 Å². The molecule has 2 nitrogen and oxygen atoms in total. The minimum absolute atomic E-state index is 0.381. The Labute approximate surface area is 75.7 Å². The maximum Gasteiger partial charge on any atom is 0.390 e. The summed E-state index contributed by atoms with van der Waals surface area (Å²) in [6, 6.07) is 1.36. The predicted octanol–water partition coefficient (Wildman–Crippen LogP) is 2.22. The summed E-state index contributed by atoms with van der Waals surface area (Å²) in [6.07, 6.45) is -3.95. The van der Waals surface area contributed by atoms with E-state index in [1.54, 1.807) is 0 Å². The standard InChI is InChI=1S/C8H13F3N2/c1-7(6-8(9,10)11)13-5-3-2-4-12/h7,13H,2-3,5-6H2,1H3. The molecule has 0 aromatic carbocycles. The number of nitriles is 1. The lowest BCUT2D eigenvalue weighted by atomic mass is 10.2. The smallest absolute Gasteiger partial charge is 0.314 e. The van der Waals surface area contributed by atoms with Crippen molar-refractivity contribution in [3.63, 3.8) is 0 Å². The molecule has 1 unspecified atom stereocenters. The molecule has 0 saturated heterocycles. The van der Waals surface area contributed by atoms with E-state index in [2.05, 4.69) is 5.32 Å². The average molecular weight is 194 g/mol. The van der Waals surface area contributed by atoms with Gasteiger partial charge in [0, 0.05) is 12.5 Å². The van der Waals surface area contributed by atoms with Gasteiger partial charge < -0.3 is 5.32 Å². The Morgan fingerprint density at radius 3 is 2.54 bits per heavy atom. The van der Waals surface area contributed by atoms with Crippen LogP contribution in [0.2, 0.25) is 0 Å². The lowest BCUT2D eigenvalue weighted by Gasteiger charge is -2.14. The van der Waals surface area contributed by atoms with Crippen LogP contribution in [0, 0.1) is 11.3 Å². The molecule has 0 rings (SSSR count). The highest BCUT2D eigenvalue weighted by atomic mass is 19.4. The Kier molecular flexibility index (Phi) is 5.47.